The lowest BCUT2D eigenvalue weighted by Gasteiger charge is -2.10. The average molecular weight is 553 g/mol. The molecule has 4 rings (SSSR count). The monoisotopic (exact) mass is 552 g/mol. The van der Waals surface area contributed by atoms with Gasteiger partial charge in [0.1, 0.15) is 30.5 Å². The average Bonchev–Trinajstić information content (AvgIpc) is 2.99. The maximum Gasteiger partial charge on any atom is 0.343 e. The van der Waals surface area contributed by atoms with Crippen molar-refractivity contribution in [3.63, 3.8) is 0 Å². The van der Waals surface area contributed by atoms with Crippen LogP contribution in [0.3, 0.4) is 0 Å². The maximum absolute atomic E-state index is 12.5. The molecule has 4 aromatic carbocycles. The van der Waals surface area contributed by atoms with Crippen molar-refractivity contribution in [2.24, 2.45) is 0 Å². The van der Waals surface area contributed by atoms with Crippen LogP contribution in [-0.2, 0) is 0 Å². The Morgan fingerprint density at radius 3 is 1.73 bits per heavy atom. The van der Waals surface area contributed by atoms with Crippen LogP contribution in [-0.4, -0.2) is 47.1 Å². The van der Waals surface area contributed by atoms with Gasteiger partial charge in [-0.05, 0) is 66.2 Å². The SMILES string of the molecule is O=C(O)c1cc(OCCOc2ccc(C(=O)Oc3ccc(C=CC(=O)c4ccccc4)cc3)cc2)cc(C(=O)O)c1. The molecule has 9 heteroatoms. The second-order valence-electron chi connectivity index (χ2n) is 8.60. The Labute approximate surface area is 234 Å². The minimum absolute atomic E-state index is 0.0253. The first-order valence-corrected chi connectivity index (χ1v) is 12.4. The molecule has 2 N–H and O–H groups in total. The molecule has 0 amide bonds. The zero-order chi connectivity index (χ0) is 29.2. The standard InChI is InChI=1S/C32H24O9/c33-29(22-4-2-1-3-5-22)15-8-21-6-11-27(12-7-21)41-32(38)23-9-13-26(14-10-23)39-16-17-40-28-19-24(30(34)35)18-25(20-28)31(36)37/h1-15,18-20H,16-17H2,(H,34,35)(H,36,37). The van der Waals surface area contributed by atoms with Crippen LogP contribution in [0.5, 0.6) is 17.2 Å². The molecule has 0 saturated heterocycles. The predicted octanol–water partition coefficient (Wildman–Crippen LogP) is 5.66. The van der Waals surface area contributed by atoms with E-state index in [1.54, 1.807) is 78.9 Å². The number of rotatable bonds is 12. The molecule has 0 heterocycles. The van der Waals surface area contributed by atoms with Crippen LogP contribution in [0.25, 0.3) is 6.08 Å². The van der Waals surface area contributed by atoms with Crippen molar-refractivity contribution < 1.29 is 43.6 Å². The van der Waals surface area contributed by atoms with Crippen LogP contribution in [0.4, 0.5) is 0 Å². The molecule has 0 aliphatic rings. The lowest BCUT2D eigenvalue weighted by atomic mass is 10.1. The van der Waals surface area contributed by atoms with Crippen molar-refractivity contribution in [1.82, 2.24) is 0 Å². The van der Waals surface area contributed by atoms with Gasteiger partial charge in [-0.3, -0.25) is 4.79 Å². The van der Waals surface area contributed by atoms with Gasteiger partial charge < -0.3 is 24.4 Å². The summed E-state index contributed by atoms with van der Waals surface area (Å²) in [4.78, 5) is 47.1. The summed E-state index contributed by atoms with van der Waals surface area (Å²) >= 11 is 0. The van der Waals surface area contributed by atoms with Crippen molar-refractivity contribution in [2.75, 3.05) is 13.2 Å². The smallest absolute Gasteiger partial charge is 0.343 e. The van der Waals surface area contributed by atoms with Gasteiger partial charge in [0.2, 0.25) is 0 Å². The maximum atomic E-state index is 12.5. The molecule has 0 spiro atoms. The molecular formula is C32H24O9. The first kappa shape index (κ1) is 28.3. The zero-order valence-corrected chi connectivity index (χ0v) is 21.6. The number of carbonyl (C=O) groups excluding carboxylic acids is 2. The lowest BCUT2D eigenvalue weighted by molar-refractivity contribution is 0.0691. The number of hydrogen-bond acceptors (Lipinski definition) is 7. The largest absolute Gasteiger partial charge is 0.490 e. The predicted molar refractivity (Wildman–Crippen MR) is 149 cm³/mol. The third-order valence-electron chi connectivity index (χ3n) is 5.69. The molecule has 0 radical (unpaired) electrons. The van der Waals surface area contributed by atoms with Gasteiger partial charge in [0, 0.05) is 5.56 Å². The molecule has 0 aliphatic carbocycles. The summed E-state index contributed by atoms with van der Waals surface area (Å²) in [6.07, 6.45) is 3.17. The van der Waals surface area contributed by atoms with Gasteiger partial charge >= 0.3 is 17.9 Å². The van der Waals surface area contributed by atoms with E-state index in [1.807, 2.05) is 6.07 Å². The van der Waals surface area contributed by atoms with E-state index in [-0.39, 0.29) is 35.9 Å². The second-order valence-corrected chi connectivity index (χ2v) is 8.60. The number of esters is 1. The Morgan fingerprint density at radius 1 is 0.585 bits per heavy atom. The lowest BCUT2D eigenvalue weighted by Crippen LogP contribution is -2.11. The van der Waals surface area contributed by atoms with Crippen LogP contribution >= 0.6 is 0 Å². The number of ether oxygens (including phenoxy) is 3. The summed E-state index contributed by atoms with van der Waals surface area (Å²) in [6.45, 7) is 0.110. The quantitative estimate of drug-likeness (QED) is 0.0750. The summed E-state index contributed by atoms with van der Waals surface area (Å²) < 4.78 is 16.4. The van der Waals surface area contributed by atoms with Gasteiger partial charge in [-0.2, -0.15) is 0 Å². The molecule has 41 heavy (non-hydrogen) atoms. The number of carboxylic acid groups (broad SMARTS) is 2. The van der Waals surface area contributed by atoms with Gasteiger partial charge in [0.25, 0.3) is 0 Å². The van der Waals surface area contributed by atoms with Crippen LogP contribution in [0, 0.1) is 0 Å². The first-order chi connectivity index (χ1) is 19.8. The van der Waals surface area contributed by atoms with E-state index in [2.05, 4.69) is 0 Å². The van der Waals surface area contributed by atoms with E-state index in [1.165, 1.54) is 18.2 Å². The van der Waals surface area contributed by atoms with Crippen LogP contribution in [0.15, 0.2) is 103 Å². The number of carboxylic acids is 2. The number of carbonyl (C=O) groups is 4. The van der Waals surface area contributed by atoms with Crippen molar-refractivity contribution >= 4 is 29.8 Å². The van der Waals surface area contributed by atoms with Crippen LogP contribution in [0.1, 0.15) is 47.0 Å². The van der Waals surface area contributed by atoms with Crippen molar-refractivity contribution in [3.05, 3.63) is 131 Å². The highest BCUT2D eigenvalue weighted by molar-refractivity contribution is 6.06. The van der Waals surface area contributed by atoms with E-state index in [9.17, 15) is 19.2 Å². The Bertz CT molecular complexity index is 1540. The van der Waals surface area contributed by atoms with Gasteiger partial charge in [0.05, 0.1) is 16.7 Å². The van der Waals surface area contributed by atoms with E-state index in [0.717, 1.165) is 11.6 Å². The molecule has 9 nitrogen and oxygen atoms in total. The fourth-order valence-electron chi connectivity index (χ4n) is 3.62. The molecule has 4 aromatic rings. The fourth-order valence-corrected chi connectivity index (χ4v) is 3.62. The van der Waals surface area contributed by atoms with Gasteiger partial charge in [-0.1, -0.05) is 48.5 Å². The molecule has 0 unspecified atom stereocenters. The minimum atomic E-state index is -1.27. The van der Waals surface area contributed by atoms with E-state index in [4.69, 9.17) is 24.4 Å². The molecule has 0 atom stereocenters. The Balaban J connectivity index is 1.25. The minimum Gasteiger partial charge on any atom is -0.490 e. The topological polar surface area (TPSA) is 136 Å². The number of aromatic carboxylic acids is 2. The Morgan fingerprint density at radius 2 is 1.15 bits per heavy atom. The summed E-state index contributed by atoms with van der Waals surface area (Å²) in [6, 6.07) is 25.4. The summed E-state index contributed by atoms with van der Waals surface area (Å²) in [7, 11) is 0. The third kappa shape index (κ3) is 8.14. The second kappa shape index (κ2) is 13.4. The molecule has 206 valence electrons. The van der Waals surface area contributed by atoms with E-state index >= 15 is 0 Å². The molecular weight excluding hydrogens is 528 g/mol. The highest BCUT2D eigenvalue weighted by Gasteiger charge is 2.13. The van der Waals surface area contributed by atoms with Gasteiger partial charge in [0.15, 0.2) is 5.78 Å². The Hall–Kier alpha value is -5.70. The normalized spacial score (nSPS) is 10.6. The molecule has 0 aliphatic heterocycles. The molecule has 0 aromatic heterocycles. The van der Waals surface area contributed by atoms with Crippen molar-refractivity contribution in [3.8, 4) is 17.2 Å². The van der Waals surface area contributed by atoms with Crippen molar-refractivity contribution in [1.29, 1.82) is 0 Å². The van der Waals surface area contributed by atoms with Crippen LogP contribution in [0.2, 0.25) is 0 Å². The van der Waals surface area contributed by atoms with E-state index < -0.39 is 17.9 Å². The zero-order valence-electron chi connectivity index (χ0n) is 21.6. The Kier molecular flexibility index (Phi) is 9.25. The number of benzene rings is 4. The number of ketones is 1. The third-order valence-corrected chi connectivity index (χ3v) is 5.69. The summed E-state index contributed by atoms with van der Waals surface area (Å²) in [5.74, 6) is -2.32. The number of allylic oxidation sites excluding steroid dienone is 1. The van der Waals surface area contributed by atoms with Gasteiger partial charge in [-0.15, -0.1) is 0 Å². The summed E-state index contributed by atoms with van der Waals surface area (Å²) in [5.41, 5.74) is 1.27. The highest BCUT2D eigenvalue weighted by atomic mass is 16.5. The highest BCUT2D eigenvalue weighted by Crippen LogP contribution is 2.20. The van der Waals surface area contributed by atoms with Crippen molar-refractivity contribution in [2.45, 2.75) is 0 Å². The number of hydrogen-bond donors (Lipinski definition) is 2. The summed E-state index contributed by atoms with van der Waals surface area (Å²) in [5, 5.41) is 18.3. The molecule has 0 saturated carbocycles. The van der Waals surface area contributed by atoms with E-state index in [0.29, 0.717) is 22.6 Å². The molecule has 0 fully saturated rings. The first-order valence-electron chi connectivity index (χ1n) is 12.4. The van der Waals surface area contributed by atoms with Crippen LogP contribution < -0.4 is 14.2 Å². The van der Waals surface area contributed by atoms with Gasteiger partial charge in [-0.25, -0.2) is 14.4 Å². The molecule has 0 bridgehead atoms. The fraction of sp³-hybridized carbons (Fsp3) is 0.0625.